The van der Waals surface area contributed by atoms with Gasteiger partial charge in [0.1, 0.15) is 11.6 Å². The minimum absolute atomic E-state index is 0.220. The first-order valence-electron chi connectivity index (χ1n) is 5.04. The van der Waals surface area contributed by atoms with Crippen molar-refractivity contribution < 1.29 is 14.0 Å². The number of amides is 1. The Bertz CT molecular complexity index is 474. The van der Waals surface area contributed by atoms with Crippen molar-refractivity contribution in [2.75, 3.05) is 11.9 Å². The highest BCUT2D eigenvalue weighted by Gasteiger charge is 2.17. The first kappa shape index (κ1) is 13.6. The van der Waals surface area contributed by atoms with Crippen LogP contribution in [0.5, 0.6) is 0 Å². The fraction of sp³-hybridized carbons (Fsp3) is 0.333. The molecule has 0 fully saturated rings. The molecular formula is C12H13ClFNO2. The number of anilines is 1. The quantitative estimate of drug-likeness (QED) is 0.781. The lowest BCUT2D eigenvalue weighted by Gasteiger charge is -2.18. The number of benzene rings is 1. The fourth-order valence-electron chi connectivity index (χ4n) is 1.36. The van der Waals surface area contributed by atoms with E-state index >= 15 is 0 Å². The van der Waals surface area contributed by atoms with Crippen molar-refractivity contribution in [3.8, 4) is 0 Å². The van der Waals surface area contributed by atoms with Gasteiger partial charge in [-0.05, 0) is 31.5 Å². The van der Waals surface area contributed by atoms with Gasteiger partial charge in [-0.2, -0.15) is 0 Å². The number of hydrogen-bond acceptors (Lipinski definition) is 2. The maximum absolute atomic E-state index is 13.4. The van der Waals surface area contributed by atoms with E-state index in [4.69, 9.17) is 11.6 Å². The number of nitrogens with zero attached hydrogens (tertiary/aromatic N) is 1. The zero-order chi connectivity index (χ0) is 13.2. The lowest BCUT2D eigenvalue weighted by atomic mass is 10.2. The summed E-state index contributed by atoms with van der Waals surface area (Å²) in [4.78, 5) is 23.7. The Morgan fingerprint density at radius 3 is 2.53 bits per heavy atom. The number of Topliss-reactive ketones (excluding diaryl/α,β-unsaturated/α-hetero) is 1. The number of ketones is 1. The monoisotopic (exact) mass is 257 g/mol. The Morgan fingerprint density at radius 1 is 1.41 bits per heavy atom. The summed E-state index contributed by atoms with van der Waals surface area (Å²) in [6, 6.07) is 2.64. The Hall–Kier alpha value is -1.42. The molecule has 1 aromatic rings. The van der Waals surface area contributed by atoms with Crippen LogP contribution in [0.25, 0.3) is 0 Å². The molecule has 0 N–H and O–H groups in total. The average molecular weight is 258 g/mol. The molecule has 0 spiro atoms. The van der Waals surface area contributed by atoms with Gasteiger partial charge in [0.25, 0.3) is 0 Å². The molecular weight excluding hydrogens is 245 g/mol. The Morgan fingerprint density at radius 2 is 2.00 bits per heavy atom. The zero-order valence-corrected chi connectivity index (χ0v) is 10.6. The second-order valence-electron chi connectivity index (χ2n) is 3.88. The van der Waals surface area contributed by atoms with Crippen LogP contribution in [0.15, 0.2) is 12.1 Å². The molecule has 17 heavy (non-hydrogen) atoms. The van der Waals surface area contributed by atoms with Crippen molar-refractivity contribution in [3.05, 3.63) is 28.5 Å². The van der Waals surface area contributed by atoms with Crippen LogP contribution in [0.1, 0.15) is 18.9 Å². The molecule has 0 aliphatic carbocycles. The van der Waals surface area contributed by atoms with E-state index in [1.54, 1.807) is 6.92 Å². The molecule has 1 amide bonds. The molecule has 0 aliphatic heterocycles. The van der Waals surface area contributed by atoms with Crippen LogP contribution in [0.4, 0.5) is 10.1 Å². The number of hydrogen-bond donors (Lipinski definition) is 0. The van der Waals surface area contributed by atoms with Gasteiger partial charge in [0.05, 0.1) is 17.1 Å². The first-order chi connectivity index (χ1) is 7.82. The van der Waals surface area contributed by atoms with Crippen LogP contribution in [0, 0.1) is 12.7 Å². The molecule has 1 aromatic carbocycles. The third-order valence-corrected chi connectivity index (χ3v) is 2.67. The van der Waals surface area contributed by atoms with Crippen molar-refractivity contribution >= 4 is 29.0 Å². The topological polar surface area (TPSA) is 37.4 Å². The standard InChI is InChI=1S/C12H13ClFNO2/c1-7-4-9(13)11(6-10(7)14)15(3)12(17)5-8(2)16/h4,6H,5H2,1-3H3. The molecule has 1 rings (SSSR count). The Kier molecular flexibility index (Phi) is 4.23. The Balaban J connectivity index is 3.04. The lowest BCUT2D eigenvalue weighted by molar-refractivity contribution is -0.125. The van der Waals surface area contributed by atoms with Crippen molar-refractivity contribution in [1.82, 2.24) is 0 Å². The normalized spacial score (nSPS) is 10.2. The van der Waals surface area contributed by atoms with Crippen LogP contribution in [0.3, 0.4) is 0 Å². The number of aryl methyl sites for hydroxylation is 1. The molecule has 0 radical (unpaired) electrons. The highest BCUT2D eigenvalue weighted by molar-refractivity contribution is 6.34. The van der Waals surface area contributed by atoms with Gasteiger partial charge < -0.3 is 4.90 Å². The maximum atomic E-state index is 13.4. The summed E-state index contributed by atoms with van der Waals surface area (Å²) < 4.78 is 13.4. The predicted molar refractivity (Wildman–Crippen MR) is 64.9 cm³/mol. The molecule has 92 valence electrons. The summed E-state index contributed by atoms with van der Waals surface area (Å²) in [5.41, 5.74) is 0.673. The molecule has 0 saturated carbocycles. The van der Waals surface area contributed by atoms with Crippen LogP contribution < -0.4 is 4.90 Å². The van der Waals surface area contributed by atoms with Crippen molar-refractivity contribution in [2.24, 2.45) is 0 Å². The van der Waals surface area contributed by atoms with Gasteiger partial charge in [-0.25, -0.2) is 4.39 Å². The molecule has 0 bridgehead atoms. The summed E-state index contributed by atoms with van der Waals surface area (Å²) in [6.07, 6.45) is -0.220. The van der Waals surface area contributed by atoms with Gasteiger partial charge in [0, 0.05) is 7.05 Å². The van der Waals surface area contributed by atoms with E-state index < -0.39 is 11.7 Å². The number of carbonyl (C=O) groups excluding carboxylic acids is 2. The van der Waals surface area contributed by atoms with E-state index in [0.29, 0.717) is 5.56 Å². The predicted octanol–water partition coefficient (Wildman–Crippen LogP) is 2.73. The van der Waals surface area contributed by atoms with Crippen molar-refractivity contribution in [2.45, 2.75) is 20.3 Å². The second-order valence-corrected chi connectivity index (χ2v) is 4.29. The summed E-state index contributed by atoms with van der Waals surface area (Å²) in [7, 11) is 1.46. The van der Waals surface area contributed by atoms with E-state index in [2.05, 4.69) is 0 Å². The van der Waals surface area contributed by atoms with Gasteiger partial charge in [-0.15, -0.1) is 0 Å². The first-order valence-corrected chi connectivity index (χ1v) is 5.42. The van der Waals surface area contributed by atoms with Gasteiger partial charge in [0.2, 0.25) is 5.91 Å². The van der Waals surface area contributed by atoms with E-state index in [1.807, 2.05) is 0 Å². The molecule has 0 saturated heterocycles. The van der Waals surface area contributed by atoms with E-state index in [1.165, 1.54) is 31.0 Å². The maximum Gasteiger partial charge on any atom is 0.234 e. The minimum Gasteiger partial charge on any atom is -0.314 e. The Labute approximate surface area is 104 Å². The van der Waals surface area contributed by atoms with E-state index in [0.717, 1.165) is 0 Å². The van der Waals surface area contributed by atoms with Crippen LogP contribution in [-0.2, 0) is 9.59 Å². The molecule has 5 heteroatoms. The highest BCUT2D eigenvalue weighted by Crippen LogP contribution is 2.28. The molecule has 0 aliphatic rings. The number of carbonyl (C=O) groups is 2. The van der Waals surface area contributed by atoms with Crippen LogP contribution in [-0.4, -0.2) is 18.7 Å². The third-order valence-electron chi connectivity index (χ3n) is 2.36. The van der Waals surface area contributed by atoms with Crippen molar-refractivity contribution in [1.29, 1.82) is 0 Å². The van der Waals surface area contributed by atoms with Crippen LogP contribution >= 0.6 is 11.6 Å². The summed E-state index contributed by atoms with van der Waals surface area (Å²) in [5.74, 6) is -1.10. The molecule has 3 nitrogen and oxygen atoms in total. The average Bonchev–Trinajstić information content (AvgIpc) is 2.21. The van der Waals surface area contributed by atoms with Gasteiger partial charge >= 0.3 is 0 Å². The summed E-state index contributed by atoms with van der Waals surface area (Å²) >= 11 is 5.93. The second kappa shape index (κ2) is 5.27. The SMILES string of the molecule is CC(=O)CC(=O)N(C)c1cc(F)c(C)cc1Cl. The van der Waals surface area contributed by atoms with Gasteiger partial charge in [-0.1, -0.05) is 11.6 Å². The minimum atomic E-state index is -0.438. The number of halogens is 2. The fourth-order valence-corrected chi connectivity index (χ4v) is 1.70. The molecule has 0 heterocycles. The third kappa shape index (κ3) is 3.27. The number of rotatable bonds is 3. The highest BCUT2D eigenvalue weighted by atomic mass is 35.5. The van der Waals surface area contributed by atoms with E-state index in [9.17, 15) is 14.0 Å². The van der Waals surface area contributed by atoms with Gasteiger partial charge in [-0.3, -0.25) is 9.59 Å². The smallest absolute Gasteiger partial charge is 0.234 e. The summed E-state index contributed by atoms with van der Waals surface area (Å²) in [6.45, 7) is 2.91. The van der Waals surface area contributed by atoms with Crippen LogP contribution in [0.2, 0.25) is 5.02 Å². The van der Waals surface area contributed by atoms with Gasteiger partial charge in [0.15, 0.2) is 0 Å². The molecule has 0 aromatic heterocycles. The summed E-state index contributed by atoms with van der Waals surface area (Å²) in [5, 5.41) is 0.281. The van der Waals surface area contributed by atoms with Crippen molar-refractivity contribution in [3.63, 3.8) is 0 Å². The lowest BCUT2D eigenvalue weighted by Crippen LogP contribution is -2.28. The molecule has 0 unspecified atom stereocenters. The largest absolute Gasteiger partial charge is 0.314 e. The zero-order valence-electron chi connectivity index (χ0n) is 9.88. The molecule has 0 atom stereocenters. The van der Waals surface area contributed by atoms with E-state index in [-0.39, 0.29) is 22.9 Å².